The van der Waals surface area contributed by atoms with E-state index >= 15 is 0 Å². The van der Waals surface area contributed by atoms with E-state index in [9.17, 15) is 9.59 Å². The van der Waals surface area contributed by atoms with Crippen molar-refractivity contribution in [1.29, 1.82) is 0 Å². The van der Waals surface area contributed by atoms with Gasteiger partial charge in [-0.05, 0) is 25.5 Å². The molecule has 3 aliphatic heterocycles. The van der Waals surface area contributed by atoms with Crippen molar-refractivity contribution in [2.75, 3.05) is 18.1 Å². The minimum atomic E-state index is -0.693. The lowest BCUT2D eigenvalue weighted by Gasteiger charge is -2.22. The maximum absolute atomic E-state index is 13.1. The van der Waals surface area contributed by atoms with Gasteiger partial charge in [-0.1, -0.05) is 43.2 Å². The fraction of sp³-hybridized carbons (Fsp3) is 0.500. The number of unbranched alkanes of at least 4 members (excludes halogenated alkanes) is 1. The van der Waals surface area contributed by atoms with Gasteiger partial charge in [-0.25, -0.2) is 0 Å². The average molecular weight is 341 g/mol. The van der Waals surface area contributed by atoms with Gasteiger partial charge in [0.1, 0.15) is 11.5 Å². The fourth-order valence-electron chi connectivity index (χ4n) is 4.12. The number of nitrogens with zero attached hydrogens (tertiary/aromatic N) is 1. The van der Waals surface area contributed by atoms with Crippen LogP contribution >= 0.6 is 0 Å². The largest absolute Gasteiger partial charge is 0.465 e. The van der Waals surface area contributed by atoms with Crippen molar-refractivity contribution in [3.63, 3.8) is 0 Å². The van der Waals surface area contributed by atoms with Crippen molar-refractivity contribution >= 4 is 17.6 Å². The Bertz CT molecular complexity index is 726. The summed E-state index contributed by atoms with van der Waals surface area (Å²) in [5.74, 6) is -1.38. The quantitative estimate of drug-likeness (QED) is 0.469. The molecule has 4 rings (SSSR count). The van der Waals surface area contributed by atoms with Crippen LogP contribution in [0.2, 0.25) is 0 Å². The number of fused-ring (bicyclic) bond motifs is 1. The second-order valence-electron chi connectivity index (χ2n) is 7.18. The number of anilines is 1. The molecule has 2 bridgehead atoms. The van der Waals surface area contributed by atoms with Gasteiger partial charge in [-0.2, -0.15) is 0 Å². The van der Waals surface area contributed by atoms with Crippen molar-refractivity contribution in [3.05, 3.63) is 42.0 Å². The van der Waals surface area contributed by atoms with Gasteiger partial charge in [0.15, 0.2) is 0 Å². The molecule has 0 radical (unpaired) electrons. The summed E-state index contributed by atoms with van der Waals surface area (Å²) in [4.78, 5) is 27.4. The lowest BCUT2D eigenvalue weighted by molar-refractivity contribution is -0.152. The molecule has 0 saturated carbocycles. The van der Waals surface area contributed by atoms with E-state index in [1.807, 2.05) is 50.3 Å². The van der Waals surface area contributed by atoms with Crippen LogP contribution in [-0.4, -0.2) is 36.7 Å². The molecule has 5 heteroatoms. The monoisotopic (exact) mass is 341 g/mol. The number of hydrogen-bond donors (Lipinski definition) is 0. The third-order valence-corrected chi connectivity index (χ3v) is 5.46. The first kappa shape index (κ1) is 16.3. The van der Waals surface area contributed by atoms with E-state index in [0.717, 1.165) is 24.1 Å². The standard InChI is InChI=1S/C20H23NO4/c1-3-4-11-24-19(23)16-15-9-10-20(25-15)12-21(18(22)17(16)20)14-7-5-13(2)6-8-14/h5-10,15-17H,3-4,11-12H2,1-2H3/t15-,16+,17-,20+/m1/s1. The first-order valence-corrected chi connectivity index (χ1v) is 8.97. The Morgan fingerprint density at radius 1 is 1.36 bits per heavy atom. The molecule has 0 N–H and O–H groups in total. The highest BCUT2D eigenvalue weighted by Crippen LogP contribution is 2.52. The molecule has 5 nitrogen and oxygen atoms in total. The topological polar surface area (TPSA) is 55.8 Å². The number of benzene rings is 1. The summed E-state index contributed by atoms with van der Waals surface area (Å²) in [6.45, 7) is 4.91. The van der Waals surface area contributed by atoms with Crippen LogP contribution in [0.1, 0.15) is 25.3 Å². The minimum absolute atomic E-state index is 0.0480. The van der Waals surface area contributed by atoms with Crippen LogP contribution in [0.4, 0.5) is 5.69 Å². The van der Waals surface area contributed by atoms with Crippen LogP contribution in [0.15, 0.2) is 36.4 Å². The van der Waals surface area contributed by atoms with Gasteiger partial charge in [-0.3, -0.25) is 9.59 Å². The molecule has 1 aromatic rings. The van der Waals surface area contributed by atoms with Crippen LogP contribution in [0, 0.1) is 18.8 Å². The number of aryl methyl sites for hydroxylation is 1. The summed E-state index contributed by atoms with van der Waals surface area (Å²) in [6, 6.07) is 7.85. The lowest BCUT2D eigenvalue weighted by atomic mass is 9.77. The summed E-state index contributed by atoms with van der Waals surface area (Å²) in [7, 11) is 0. The molecule has 132 valence electrons. The van der Waals surface area contributed by atoms with E-state index in [1.54, 1.807) is 4.90 Å². The normalized spacial score (nSPS) is 32.3. The predicted molar refractivity (Wildman–Crippen MR) is 93.1 cm³/mol. The second kappa shape index (κ2) is 5.99. The third-order valence-electron chi connectivity index (χ3n) is 5.46. The van der Waals surface area contributed by atoms with E-state index in [1.165, 1.54) is 0 Å². The van der Waals surface area contributed by atoms with E-state index in [4.69, 9.17) is 9.47 Å². The van der Waals surface area contributed by atoms with Gasteiger partial charge in [-0.15, -0.1) is 0 Å². The number of rotatable bonds is 5. The van der Waals surface area contributed by atoms with Gasteiger partial charge in [0, 0.05) is 5.69 Å². The predicted octanol–water partition coefficient (Wildman–Crippen LogP) is 2.62. The highest BCUT2D eigenvalue weighted by atomic mass is 16.6. The second-order valence-corrected chi connectivity index (χ2v) is 7.18. The number of hydrogen-bond acceptors (Lipinski definition) is 4. The molecule has 25 heavy (non-hydrogen) atoms. The van der Waals surface area contributed by atoms with Crippen LogP contribution in [0.25, 0.3) is 0 Å². The summed E-state index contributed by atoms with van der Waals surface area (Å²) in [5.41, 5.74) is 1.29. The molecule has 2 fully saturated rings. The zero-order valence-corrected chi connectivity index (χ0v) is 14.6. The molecular formula is C20H23NO4. The number of ether oxygens (including phenoxy) is 2. The molecule has 0 aliphatic carbocycles. The molecule has 3 aliphatic rings. The Morgan fingerprint density at radius 2 is 2.12 bits per heavy atom. The Hall–Kier alpha value is -2.14. The molecule has 1 amide bonds. The Kier molecular flexibility index (Phi) is 3.91. The number of esters is 1. The van der Waals surface area contributed by atoms with Crippen LogP contribution < -0.4 is 4.90 Å². The van der Waals surface area contributed by atoms with Crippen LogP contribution in [-0.2, 0) is 19.1 Å². The molecule has 1 spiro atoms. The van der Waals surface area contributed by atoms with Crippen molar-refractivity contribution in [2.24, 2.45) is 11.8 Å². The Balaban J connectivity index is 1.59. The summed E-state index contributed by atoms with van der Waals surface area (Å²) >= 11 is 0. The van der Waals surface area contributed by atoms with Gasteiger partial charge in [0.25, 0.3) is 0 Å². The first-order valence-electron chi connectivity index (χ1n) is 8.97. The van der Waals surface area contributed by atoms with Crippen molar-refractivity contribution in [2.45, 2.75) is 38.4 Å². The average Bonchev–Trinajstić information content (AvgIpc) is 3.24. The van der Waals surface area contributed by atoms with Crippen LogP contribution in [0.5, 0.6) is 0 Å². The highest BCUT2D eigenvalue weighted by Gasteiger charge is 2.67. The summed E-state index contributed by atoms with van der Waals surface area (Å²) < 4.78 is 11.5. The number of carbonyl (C=O) groups excluding carboxylic acids is 2. The van der Waals surface area contributed by atoms with Gasteiger partial charge in [0.05, 0.1) is 25.2 Å². The maximum atomic E-state index is 13.1. The van der Waals surface area contributed by atoms with Crippen molar-refractivity contribution in [1.82, 2.24) is 0 Å². The lowest BCUT2D eigenvalue weighted by Crippen LogP contribution is -2.40. The molecule has 1 aromatic carbocycles. The molecule has 4 atom stereocenters. The van der Waals surface area contributed by atoms with Crippen LogP contribution in [0.3, 0.4) is 0 Å². The van der Waals surface area contributed by atoms with E-state index < -0.39 is 17.4 Å². The van der Waals surface area contributed by atoms with E-state index in [2.05, 4.69) is 0 Å². The Morgan fingerprint density at radius 3 is 2.84 bits per heavy atom. The van der Waals surface area contributed by atoms with Crippen molar-refractivity contribution in [3.8, 4) is 0 Å². The number of carbonyl (C=O) groups is 2. The SMILES string of the molecule is CCCCOC(=O)[C@H]1[C@H]2C=C[C@@]3(CN(c4ccc(C)cc4)C(=O)[C@@H]13)O2. The van der Waals surface area contributed by atoms with Gasteiger partial charge >= 0.3 is 5.97 Å². The van der Waals surface area contributed by atoms with Gasteiger partial charge in [0.2, 0.25) is 5.91 Å². The third kappa shape index (κ3) is 2.49. The summed E-state index contributed by atoms with van der Waals surface area (Å²) in [5, 5.41) is 0. The zero-order valence-electron chi connectivity index (χ0n) is 14.6. The minimum Gasteiger partial charge on any atom is -0.465 e. The molecule has 0 unspecified atom stereocenters. The molecule has 0 aromatic heterocycles. The maximum Gasteiger partial charge on any atom is 0.312 e. The zero-order chi connectivity index (χ0) is 17.6. The fourth-order valence-corrected chi connectivity index (χ4v) is 4.12. The first-order chi connectivity index (χ1) is 12.1. The molecular weight excluding hydrogens is 318 g/mol. The summed E-state index contributed by atoms with van der Waals surface area (Å²) in [6.07, 6.45) is 5.33. The number of amides is 1. The smallest absolute Gasteiger partial charge is 0.312 e. The van der Waals surface area contributed by atoms with Gasteiger partial charge < -0.3 is 14.4 Å². The van der Waals surface area contributed by atoms with E-state index in [0.29, 0.717) is 13.2 Å². The highest BCUT2D eigenvalue weighted by molar-refractivity contribution is 6.02. The van der Waals surface area contributed by atoms with Crippen molar-refractivity contribution < 1.29 is 19.1 Å². The molecule has 3 heterocycles. The van der Waals surface area contributed by atoms with E-state index in [-0.39, 0.29) is 18.0 Å². The molecule has 2 saturated heterocycles. The Labute approximate surface area is 147 Å².